The van der Waals surface area contributed by atoms with Crippen LogP contribution in [0.4, 0.5) is 0 Å². The number of H-pyrrole nitrogens is 1. The van der Waals surface area contributed by atoms with Crippen molar-refractivity contribution in [3.63, 3.8) is 0 Å². The second-order valence-electron chi connectivity index (χ2n) is 3.25. The van der Waals surface area contributed by atoms with Gasteiger partial charge in [0.2, 0.25) is 0 Å². The number of carbonyl (C=O) groups excluding carboxylic acids is 1. The summed E-state index contributed by atoms with van der Waals surface area (Å²) < 4.78 is 0. The van der Waals surface area contributed by atoms with Crippen LogP contribution in [0.15, 0.2) is 18.3 Å². The molecule has 9 nitrogen and oxygen atoms in total. The summed E-state index contributed by atoms with van der Waals surface area (Å²) in [5.41, 5.74) is 0.00751. The molecule has 0 radical (unpaired) electrons. The van der Waals surface area contributed by atoms with E-state index in [0.29, 0.717) is 5.82 Å². The van der Waals surface area contributed by atoms with E-state index in [1.807, 2.05) is 0 Å². The number of carboxylic acid groups (broad SMARTS) is 1. The zero-order chi connectivity index (χ0) is 13.0. The fourth-order valence-corrected chi connectivity index (χ4v) is 1.21. The Morgan fingerprint density at radius 3 is 2.94 bits per heavy atom. The fraction of sp³-hybridized carbons (Fsp3) is 0.111. The van der Waals surface area contributed by atoms with Crippen LogP contribution >= 0.6 is 0 Å². The lowest BCUT2D eigenvalue weighted by Gasteiger charge is -2.02. The summed E-state index contributed by atoms with van der Waals surface area (Å²) in [6.45, 7) is 0.0973. The zero-order valence-corrected chi connectivity index (χ0v) is 8.99. The minimum absolute atomic E-state index is 0.0973. The summed E-state index contributed by atoms with van der Waals surface area (Å²) in [6, 6.07) is 2.60. The molecule has 0 bridgehead atoms. The van der Waals surface area contributed by atoms with Crippen LogP contribution in [0.2, 0.25) is 0 Å². The first-order chi connectivity index (χ1) is 8.66. The molecule has 0 fully saturated rings. The quantitative estimate of drug-likeness (QED) is 0.646. The molecular formula is C9H8N6O3. The summed E-state index contributed by atoms with van der Waals surface area (Å²) in [5.74, 6) is -1.30. The summed E-state index contributed by atoms with van der Waals surface area (Å²) in [4.78, 5) is 26.0. The van der Waals surface area contributed by atoms with Crippen molar-refractivity contribution < 1.29 is 14.7 Å². The van der Waals surface area contributed by atoms with Gasteiger partial charge >= 0.3 is 5.97 Å². The van der Waals surface area contributed by atoms with E-state index in [2.05, 4.69) is 30.9 Å². The van der Waals surface area contributed by atoms with Crippen LogP contribution in [0.5, 0.6) is 0 Å². The number of tetrazole rings is 1. The molecule has 0 atom stereocenters. The average Bonchev–Trinajstić information content (AvgIpc) is 2.89. The standard InChI is InChI=1S/C9H8N6O3/c16-8(11-4-7-12-14-15-13-7)5-1-2-10-6(3-5)9(17)18/h1-3H,4H2,(H,11,16)(H,17,18)(H,12,13,14,15). The largest absolute Gasteiger partial charge is 0.477 e. The summed E-state index contributed by atoms with van der Waals surface area (Å²) >= 11 is 0. The number of amides is 1. The topological polar surface area (TPSA) is 134 Å². The molecule has 0 unspecified atom stereocenters. The highest BCUT2D eigenvalue weighted by Gasteiger charge is 2.11. The number of nitrogens with one attached hydrogen (secondary N) is 2. The van der Waals surface area contributed by atoms with Crippen molar-refractivity contribution in [3.05, 3.63) is 35.4 Å². The first kappa shape index (κ1) is 11.6. The Labute approximate surface area is 100 Å². The number of aromatic nitrogens is 5. The maximum Gasteiger partial charge on any atom is 0.354 e. The minimum atomic E-state index is -1.19. The number of carboxylic acids is 1. The molecule has 2 aromatic rings. The van der Waals surface area contributed by atoms with Crippen LogP contribution in [-0.4, -0.2) is 42.6 Å². The first-order valence-corrected chi connectivity index (χ1v) is 4.86. The van der Waals surface area contributed by atoms with Gasteiger partial charge in [0.25, 0.3) is 5.91 Å². The van der Waals surface area contributed by atoms with Gasteiger partial charge in [0, 0.05) is 11.8 Å². The predicted octanol–water partition coefficient (Wildman–Crippen LogP) is -0.777. The van der Waals surface area contributed by atoms with Gasteiger partial charge in [-0.25, -0.2) is 9.78 Å². The molecule has 0 aliphatic carbocycles. The van der Waals surface area contributed by atoms with E-state index in [-0.39, 0.29) is 17.8 Å². The molecule has 0 saturated carbocycles. The maximum atomic E-state index is 11.7. The van der Waals surface area contributed by atoms with Gasteiger partial charge in [-0.05, 0) is 12.1 Å². The number of hydrogen-bond donors (Lipinski definition) is 3. The number of nitrogens with zero attached hydrogens (tertiary/aromatic N) is 4. The van der Waals surface area contributed by atoms with Gasteiger partial charge in [-0.15, -0.1) is 10.2 Å². The van der Waals surface area contributed by atoms with E-state index in [0.717, 1.165) is 0 Å². The maximum absolute atomic E-state index is 11.7. The van der Waals surface area contributed by atoms with Gasteiger partial charge in [-0.1, -0.05) is 5.21 Å². The molecule has 1 amide bonds. The van der Waals surface area contributed by atoms with Crippen molar-refractivity contribution in [1.29, 1.82) is 0 Å². The van der Waals surface area contributed by atoms with Crippen molar-refractivity contribution in [1.82, 2.24) is 30.9 Å². The van der Waals surface area contributed by atoms with Crippen LogP contribution in [0.25, 0.3) is 0 Å². The molecule has 3 N–H and O–H groups in total. The monoisotopic (exact) mass is 248 g/mol. The molecule has 18 heavy (non-hydrogen) atoms. The second kappa shape index (κ2) is 4.99. The fourth-order valence-electron chi connectivity index (χ4n) is 1.21. The molecule has 92 valence electrons. The second-order valence-corrected chi connectivity index (χ2v) is 3.25. The van der Waals surface area contributed by atoms with E-state index >= 15 is 0 Å². The van der Waals surface area contributed by atoms with Crippen LogP contribution < -0.4 is 5.32 Å². The third-order valence-corrected chi connectivity index (χ3v) is 2.04. The lowest BCUT2D eigenvalue weighted by molar-refractivity contribution is 0.0690. The normalized spacial score (nSPS) is 10.0. The molecule has 0 aliphatic heterocycles. The van der Waals surface area contributed by atoms with Gasteiger partial charge in [-0.3, -0.25) is 4.79 Å². The molecule has 2 heterocycles. The number of hydrogen-bond acceptors (Lipinski definition) is 6. The van der Waals surface area contributed by atoms with E-state index < -0.39 is 11.9 Å². The number of pyridine rings is 1. The minimum Gasteiger partial charge on any atom is -0.477 e. The average molecular weight is 248 g/mol. The summed E-state index contributed by atoms with van der Waals surface area (Å²) in [7, 11) is 0. The Morgan fingerprint density at radius 1 is 1.44 bits per heavy atom. The Hall–Kier alpha value is -2.84. The van der Waals surface area contributed by atoms with Gasteiger partial charge in [0.1, 0.15) is 5.69 Å². The smallest absolute Gasteiger partial charge is 0.354 e. The Bertz CT molecular complexity index is 567. The number of aromatic amines is 1. The number of rotatable bonds is 4. The van der Waals surface area contributed by atoms with E-state index in [1.54, 1.807) is 0 Å². The van der Waals surface area contributed by atoms with Crippen molar-refractivity contribution in [2.45, 2.75) is 6.54 Å². The molecule has 9 heteroatoms. The van der Waals surface area contributed by atoms with E-state index in [9.17, 15) is 9.59 Å². The third-order valence-electron chi connectivity index (χ3n) is 2.04. The van der Waals surface area contributed by atoms with Crippen molar-refractivity contribution in [2.75, 3.05) is 0 Å². The van der Waals surface area contributed by atoms with Crippen LogP contribution in [0, 0.1) is 0 Å². The van der Waals surface area contributed by atoms with Crippen LogP contribution in [-0.2, 0) is 6.54 Å². The highest BCUT2D eigenvalue weighted by Crippen LogP contribution is 2.02. The molecule has 2 rings (SSSR count). The molecular weight excluding hydrogens is 240 g/mol. The first-order valence-electron chi connectivity index (χ1n) is 4.86. The van der Waals surface area contributed by atoms with Gasteiger partial charge in [-0.2, -0.15) is 5.21 Å². The van der Waals surface area contributed by atoms with Crippen molar-refractivity contribution in [2.24, 2.45) is 0 Å². The van der Waals surface area contributed by atoms with Gasteiger partial charge < -0.3 is 10.4 Å². The lowest BCUT2D eigenvalue weighted by atomic mass is 10.2. The van der Waals surface area contributed by atoms with Crippen LogP contribution in [0.3, 0.4) is 0 Å². The van der Waals surface area contributed by atoms with E-state index in [4.69, 9.17) is 5.11 Å². The van der Waals surface area contributed by atoms with Crippen molar-refractivity contribution >= 4 is 11.9 Å². The summed E-state index contributed by atoms with van der Waals surface area (Å²) in [6.07, 6.45) is 1.26. The Morgan fingerprint density at radius 2 is 2.28 bits per heavy atom. The molecule has 0 spiro atoms. The molecule has 0 saturated heterocycles. The van der Waals surface area contributed by atoms with Crippen LogP contribution in [0.1, 0.15) is 26.7 Å². The highest BCUT2D eigenvalue weighted by atomic mass is 16.4. The SMILES string of the molecule is O=C(NCc1nn[nH]n1)c1ccnc(C(=O)O)c1. The number of aromatic carboxylic acids is 1. The molecule has 0 aliphatic rings. The van der Waals surface area contributed by atoms with Gasteiger partial charge in [0.15, 0.2) is 5.82 Å². The Balaban J connectivity index is 2.04. The third kappa shape index (κ3) is 2.64. The summed E-state index contributed by atoms with van der Waals surface area (Å²) in [5, 5.41) is 24.2. The Kier molecular flexibility index (Phi) is 3.23. The predicted molar refractivity (Wildman–Crippen MR) is 56.5 cm³/mol. The number of carbonyl (C=O) groups is 2. The van der Waals surface area contributed by atoms with E-state index in [1.165, 1.54) is 18.3 Å². The zero-order valence-electron chi connectivity index (χ0n) is 8.99. The molecule has 2 aromatic heterocycles. The van der Waals surface area contributed by atoms with Gasteiger partial charge in [0.05, 0.1) is 6.54 Å². The lowest BCUT2D eigenvalue weighted by Crippen LogP contribution is -2.23. The highest BCUT2D eigenvalue weighted by molar-refractivity contribution is 5.96. The van der Waals surface area contributed by atoms with Crippen molar-refractivity contribution in [3.8, 4) is 0 Å². The molecule has 0 aromatic carbocycles.